The molecule has 1 heterocycles. The molecule has 0 aliphatic carbocycles. The molecule has 1 rings (SSSR count). The second kappa shape index (κ2) is 6.89. The van der Waals surface area contributed by atoms with Crippen LogP contribution in [-0.2, 0) is 4.79 Å². The highest BCUT2D eigenvalue weighted by atomic mass is 16.2. The van der Waals surface area contributed by atoms with E-state index in [2.05, 4.69) is 13.8 Å². The number of amides is 1. The van der Waals surface area contributed by atoms with E-state index in [-0.39, 0.29) is 0 Å². The number of hydrogen-bond donors (Lipinski definition) is 1. The van der Waals surface area contributed by atoms with Crippen LogP contribution in [0.2, 0.25) is 0 Å². The fourth-order valence-electron chi connectivity index (χ4n) is 2.21. The van der Waals surface area contributed by atoms with Gasteiger partial charge in [-0.15, -0.1) is 0 Å². The largest absolute Gasteiger partial charge is 0.343 e. The third-order valence-electron chi connectivity index (χ3n) is 3.65. The first-order chi connectivity index (χ1) is 7.63. The van der Waals surface area contributed by atoms with Crippen molar-refractivity contribution < 1.29 is 4.79 Å². The first-order valence-electron chi connectivity index (χ1n) is 6.61. The van der Waals surface area contributed by atoms with Crippen LogP contribution in [0.1, 0.15) is 46.0 Å². The molecule has 1 unspecified atom stereocenters. The smallest absolute Gasteiger partial charge is 0.222 e. The molecule has 0 radical (unpaired) electrons. The van der Waals surface area contributed by atoms with E-state index in [9.17, 15) is 4.79 Å². The molecule has 94 valence electrons. The number of nitrogens with zero attached hydrogens (tertiary/aromatic N) is 1. The van der Waals surface area contributed by atoms with Gasteiger partial charge in [0.1, 0.15) is 0 Å². The normalized spacial score (nSPS) is 19.8. The number of carbonyl (C=O) groups is 1. The van der Waals surface area contributed by atoms with Crippen molar-refractivity contribution in [2.45, 2.75) is 46.0 Å². The third-order valence-corrected chi connectivity index (χ3v) is 3.65. The third kappa shape index (κ3) is 4.52. The zero-order valence-corrected chi connectivity index (χ0v) is 10.7. The highest BCUT2D eigenvalue weighted by Crippen LogP contribution is 2.18. The van der Waals surface area contributed by atoms with Crippen molar-refractivity contribution in [2.75, 3.05) is 19.6 Å². The molecule has 1 atom stereocenters. The van der Waals surface area contributed by atoms with E-state index in [4.69, 9.17) is 5.73 Å². The van der Waals surface area contributed by atoms with Crippen LogP contribution in [0.15, 0.2) is 0 Å². The predicted molar refractivity (Wildman–Crippen MR) is 67.0 cm³/mol. The molecular formula is C13H26N2O. The van der Waals surface area contributed by atoms with Gasteiger partial charge >= 0.3 is 0 Å². The summed E-state index contributed by atoms with van der Waals surface area (Å²) in [6.07, 6.45) is 5.07. The molecule has 0 aromatic rings. The quantitative estimate of drug-likeness (QED) is 0.779. The summed E-state index contributed by atoms with van der Waals surface area (Å²) >= 11 is 0. The van der Waals surface area contributed by atoms with Crippen molar-refractivity contribution in [1.29, 1.82) is 0 Å². The zero-order chi connectivity index (χ0) is 12.0. The minimum atomic E-state index is 0.343. The second-order valence-corrected chi connectivity index (χ2v) is 5.28. The van der Waals surface area contributed by atoms with Gasteiger partial charge in [0.15, 0.2) is 0 Å². The summed E-state index contributed by atoms with van der Waals surface area (Å²) < 4.78 is 0. The maximum Gasteiger partial charge on any atom is 0.222 e. The second-order valence-electron chi connectivity index (χ2n) is 5.28. The molecule has 1 aliphatic rings. The van der Waals surface area contributed by atoms with Crippen molar-refractivity contribution in [2.24, 2.45) is 17.6 Å². The molecule has 1 amide bonds. The Bertz CT molecular complexity index is 210. The van der Waals surface area contributed by atoms with E-state index in [1.807, 2.05) is 4.90 Å². The monoisotopic (exact) mass is 226 g/mol. The molecule has 16 heavy (non-hydrogen) atoms. The molecule has 0 saturated carbocycles. The van der Waals surface area contributed by atoms with E-state index >= 15 is 0 Å². The van der Waals surface area contributed by atoms with Gasteiger partial charge in [-0.05, 0) is 44.1 Å². The number of likely N-dealkylation sites (tertiary alicyclic amines) is 1. The lowest BCUT2D eigenvalue weighted by molar-refractivity contribution is -0.132. The first-order valence-corrected chi connectivity index (χ1v) is 6.61. The summed E-state index contributed by atoms with van der Waals surface area (Å²) in [7, 11) is 0. The Labute approximate surface area is 99.4 Å². The molecule has 1 aliphatic heterocycles. The lowest BCUT2D eigenvalue weighted by Crippen LogP contribution is -2.37. The van der Waals surface area contributed by atoms with E-state index in [0.29, 0.717) is 18.2 Å². The van der Waals surface area contributed by atoms with E-state index in [1.54, 1.807) is 0 Å². The Balaban J connectivity index is 2.19. The summed E-state index contributed by atoms with van der Waals surface area (Å²) in [4.78, 5) is 13.9. The van der Waals surface area contributed by atoms with Gasteiger partial charge in [0.2, 0.25) is 5.91 Å². The Morgan fingerprint density at radius 1 is 1.38 bits per heavy atom. The van der Waals surface area contributed by atoms with Crippen LogP contribution in [0.3, 0.4) is 0 Å². The Hall–Kier alpha value is -0.570. The Kier molecular flexibility index (Phi) is 5.81. The van der Waals surface area contributed by atoms with Gasteiger partial charge in [0.25, 0.3) is 0 Å². The average Bonchev–Trinajstić information content (AvgIpc) is 2.27. The number of carbonyl (C=O) groups excluding carboxylic acids is 1. The molecule has 0 spiro atoms. The maximum absolute atomic E-state index is 11.9. The summed E-state index contributed by atoms with van der Waals surface area (Å²) in [5, 5.41) is 0. The van der Waals surface area contributed by atoms with Crippen LogP contribution in [0.25, 0.3) is 0 Å². The van der Waals surface area contributed by atoms with Crippen molar-refractivity contribution in [1.82, 2.24) is 4.90 Å². The van der Waals surface area contributed by atoms with E-state index in [1.165, 1.54) is 12.8 Å². The van der Waals surface area contributed by atoms with Gasteiger partial charge in [-0.1, -0.05) is 13.8 Å². The molecule has 1 fully saturated rings. The van der Waals surface area contributed by atoms with Gasteiger partial charge in [0.05, 0.1) is 0 Å². The van der Waals surface area contributed by atoms with Crippen LogP contribution in [0.4, 0.5) is 0 Å². The summed E-state index contributed by atoms with van der Waals surface area (Å²) in [6.45, 7) is 7.11. The van der Waals surface area contributed by atoms with Crippen LogP contribution in [0.5, 0.6) is 0 Å². The average molecular weight is 226 g/mol. The predicted octanol–water partition coefficient (Wildman–Crippen LogP) is 2.01. The number of hydrogen-bond acceptors (Lipinski definition) is 2. The van der Waals surface area contributed by atoms with Crippen molar-refractivity contribution in [3.8, 4) is 0 Å². The van der Waals surface area contributed by atoms with Crippen LogP contribution in [-0.4, -0.2) is 30.4 Å². The Morgan fingerprint density at radius 3 is 2.56 bits per heavy atom. The van der Waals surface area contributed by atoms with Crippen molar-refractivity contribution >= 4 is 5.91 Å². The number of nitrogens with two attached hydrogens (primary N) is 1. The number of rotatable bonds is 5. The Morgan fingerprint density at radius 2 is 2.00 bits per heavy atom. The molecule has 3 nitrogen and oxygen atoms in total. The molecule has 3 heteroatoms. The lowest BCUT2D eigenvalue weighted by atomic mass is 9.97. The standard InChI is InChI=1S/C13H26N2O/c1-11(5-8-14)3-4-13(16)15-9-6-12(2)7-10-15/h11-12H,3-10,14H2,1-2H3. The first kappa shape index (κ1) is 13.5. The van der Waals surface area contributed by atoms with Crippen molar-refractivity contribution in [3.05, 3.63) is 0 Å². The van der Waals surface area contributed by atoms with Gasteiger partial charge < -0.3 is 10.6 Å². The molecule has 0 bridgehead atoms. The zero-order valence-electron chi connectivity index (χ0n) is 10.7. The lowest BCUT2D eigenvalue weighted by Gasteiger charge is -2.30. The van der Waals surface area contributed by atoms with Gasteiger partial charge in [0, 0.05) is 19.5 Å². The summed E-state index contributed by atoms with van der Waals surface area (Å²) in [5.41, 5.74) is 5.50. The number of piperidine rings is 1. The van der Waals surface area contributed by atoms with E-state index in [0.717, 1.165) is 38.4 Å². The maximum atomic E-state index is 11.9. The fraction of sp³-hybridized carbons (Fsp3) is 0.923. The highest BCUT2D eigenvalue weighted by Gasteiger charge is 2.20. The molecule has 2 N–H and O–H groups in total. The molecule has 0 aromatic heterocycles. The van der Waals surface area contributed by atoms with Gasteiger partial charge in [-0.2, -0.15) is 0 Å². The molecular weight excluding hydrogens is 200 g/mol. The van der Waals surface area contributed by atoms with Gasteiger partial charge in [-0.25, -0.2) is 0 Å². The highest BCUT2D eigenvalue weighted by molar-refractivity contribution is 5.76. The summed E-state index contributed by atoms with van der Waals surface area (Å²) in [5.74, 6) is 1.72. The van der Waals surface area contributed by atoms with Crippen LogP contribution < -0.4 is 5.73 Å². The SMILES string of the molecule is CC(CCN)CCC(=O)N1CCC(C)CC1. The molecule has 0 aromatic carbocycles. The minimum absolute atomic E-state index is 0.343. The summed E-state index contributed by atoms with van der Waals surface area (Å²) in [6, 6.07) is 0. The topological polar surface area (TPSA) is 46.3 Å². The van der Waals surface area contributed by atoms with Crippen LogP contribution >= 0.6 is 0 Å². The van der Waals surface area contributed by atoms with Crippen molar-refractivity contribution in [3.63, 3.8) is 0 Å². The van der Waals surface area contributed by atoms with E-state index < -0.39 is 0 Å². The minimum Gasteiger partial charge on any atom is -0.343 e. The van der Waals surface area contributed by atoms with Crippen LogP contribution in [0, 0.1) is 11.8 Å². The fourth-order valence-corrected chi connectivity index (χ4v) is 2.21. The van der Waals surface area contributed by atoms with Gasteiger partial charge in [-0.3, -0.25) is 4.79 Å². The molecule has 1 saturated heterocycles.